The van der Waals surface area contributed by atoms with E-state index in [1.807, 2.05) is 12.1 Å². The molecule has 6 nitrogen and oxygen atoms in total. The molecule has 0 unspecified atom stereocenters. The monoisotopic (exact) mass is 418 g/mol. The van der Waals surface area contributed by atoms with E-state index >= 15 is 0 Å². The Bertz CT molecular complexity index is 950. The van der Waals surface area contributed by atoms with Gasteiger partial charge >= 0.3 is 0 Å². The Morgan fingerprint density at radius 2 is 1.48 bits per heavy atom. The van der Waals surface area contributed by atoms with Crippen molar-refractivity contribution in [2.24, 2.45) is 5.92 Å². The van der Waals surface area contributed by atoms with Gasteiger partial charge in [0, 0.05) is 32.1 Å². The second-order valence-electron chi connectivity index (χ2n) is 8.01. The molecule has 162 valence electrons. The van der Waals surface area contributed by atoms with E-state index in [4.69, 9.17) is 4.74 Å². The Labute approximate surface area is 183 Å². The van der Waals surface area contributed by atoms with E-state index in [-0.39, 0.29) is 11.8 Å². The number of hydrogen-bond donors (Lipinski definition) is 1. The molecule has 0 aliphatic carbocycles. The lowest BCUT2D eigenvalue weighted by atomic mass is 9.99. The Balaban J connectivity index is 1.43. The molecule has 31 heavy (non-hydrogen) atoms. The van der Waals surface area contributed by atoms with Crippen molar-refractivity contribution in [3.05, 3.63) is 83.4 Å². The number of ether oxygens (including phenoxy) is 1. The molecule has 1 amide bonds. The zero-order valence-corrected chi connectivity index (χ0v) is 17.9. The normalized spacial score (nSPS) is 14.5. The van der Waals surface area contributed by atoms with Gasteiger partial charge in [0.25, 0.3) is 0 Å². The Morgan fingerprint density at radius 1 is 0.871 bits per heavy atom. The number of amides is 1. The average molecular weight is 419 g/mol. The summed E-state index contributed by atoms with van der Waals surface area (Å²) in [5.74, 6) is 1.91. The van der Waals surface area contributed by atoms with Crippen LogP contribution >= 0.6 is 0 Å². The highest BCUT2D eigenvalue weighted by molar-refractivity contribution is 5.78. The zero-order chi connectivity index (χ0) is 21.3. The molecule has 1 saturated heterocycles. The molecule has 2 aromatic carbocycles. The fourth-order valence-electron chi connectivity index (χ4n) is 4.00. The molecule has 3 aromatic rings. The fourth-order valence-corrected chi connectivity index (χ4v) is 4.00. The van der Waals surface area contributed by atoms with E-state index in [0.29, 0.717) is 19.8 Å². The van der Waals surface area contributed by atoms with Crippen molar-refractivity contribution in [2.75, 3.05) is 13.2 Å². The van der Waals surface area contributed by atoms with Crippen molar-refractivity contribution in [1.29, 1.82) is 0 Å². The molecule has 1 aliphatic rings. The summed E-state index contributed by atoms with van der Waals surface area (Å²) in [6.07, 6.45) is 4.21. The maximum atomic E-state index is 12.6. The summed E-state index contributed by atoms with van der Waals surface area (Å²) in [5.41, 5.74) is 2.57. The van der Waals surface area contributed by atoms with Crippen LogP contribution in [0, 0.1) is 5.92 Å². The summed E-state index contributed by atoms with van der Waals surface area (Å²) in [6, 6.07) is 20.9. The lowest BCUT2D eigenvalue weighted by Crippen LogP contribution is -2.34. The molecule has 1 aromatic heterocycles. The number of rotatable bonds is 9. The number of hydrogen-bond acceptors (Lipinski definition) is 4. The number of aryl methyl sites for hydroxylation is 3. The van der Waals surface area contributed by atoms with Gasteiger partial charge in [-0.1, -0.05) is 60.7 Å². The number of aromatic nitrogens is 3. The number of nitrogens with zero attached hydrogens (tertiary/aromatic N) is 3. The summed E-state index contributed by atoms with van der Waals surface area (Å²) >= 11 is 0. The molecule has 0 saturated carbocycles. The predicted molar refractivity (Wildman–Crippen MR) is 119 cm³/mol. The van der Waals surface area contributed by atoms with Crippen LogP contribution in [0.1, 0.15) is 35.6 Å². The van der Waals surface area contributed by atoms with Crippen molar-refractivity contribution in [1.82, 2.24) is 20.1 Å². The summed E-state index contributed by atoms with van der Waals surface area (Å²) < 4.78 is 7.55. The lowest BCUT2D eigenvalue weighted by Gasteiger charge is -2.21. The summed E-state index contributed by atoms with van der Waals surface area (Å²) in [5, 5.41) is 12.0. The van der Waals surface area contributed by atoms with Crippen LogP contribution in [0.3, 0.4) is 0 Å². The van der Waals surface area contributed by atoms with Gasteiger partial charge in [0.05, 0.1) is 6.54 Å². The standard InChI is InChI=1S/C25H30N4O2/c30-25(22-14-17-31-18-15-22)26-19-24-28-27-23(12-11-20-7-3-1-4-8-20)29(24)16-13-21-9-5-2-6-10-21/h1-10,22H,11-19H2,(H,26,30). The van der Waals surface area contributed by atoms with Gasteiger partial charge in [-0.15, -0.1) is 10.2 Å². The molecule has 1 fully saturated rings. The van der Waals surface area contributed by atoms with E-state index in [0.717, 1.165) is 50.3 Å². The van der Waals surface area contributed by atoms with Gasteiger partial charge < -0.3 is 14.6 Å². The molecule has 2 heterocycles. The van der Waals surface area contributed by atoms with Crippen molar-refractivity contribution < 1.29 is 9.53 Å². The van der Waals surface area contributed by atoms with Crippen molar-refractivity contribution in [3.63, 3.8) is 0 Å². The topological polar surface area (TPSA) is 69.0 Å². The van der Waals surface area contributed by atoms with Gasteiger partial charge in [-0.25, -0.2) is 0 Å². The molecule has 0 radical (unpaired) electrons. The molecule has 1 N–H and O–H groups in total. The SMILES string of the molecule is O=C(NCc1nnc(CCc2ccccc2)n1CCc1ccccc1)C1CCOCC1. The van der Waals surface area contributed by atoms with Gasteiger partial charge in [0.15, 0.2) is 5.82 Å². The summed E-state index contributed by atoms with van der Waals surface area (Å²) in [4.78, 5) is 12.6. The largest absolute Gasteiger partial charge is 0.381 e. The number of carbonyl (C=O) groups excluding carboxylic acids is 1. The smallest absolute Gasteiger partial charge is 0.223 e. The number of benzene rings is 2. The molecule has 4 rings (SSSR count). The van der Waals surface area contributed by atoms with Crippen LogP contribution in [0.5, 0.6) is 0 Å². The predicted octanol–water partition coefficient (Wildman–Crippen LogP) is 3.35. The second-order valence-corrected chi connectivity index (χ2v) is 8.01. The van der Waals surface area contributed by atoms with Crippen LogP contribution in [0.25, 0.3) is 0 Å². The van der Waals surface area contributed by atoms with Crippen LogP contribution in [-0.4, -0.2) is 33.9 Å². The average Bonchev–Trinajstić information content (AvgIpc) is 3.23. The molecule has 1 aliphatic heterocycles. The first-order valence-electron chi connectivity index (χ1n) is 11.1. The molecular weight excluding hydrogens is 388 g/mol. The van der Waals surface area contributed by atoms with Crippen LogP contribution in [0.15, 0.2) is 60.7 Å². The molecule has 0 spiro atoms. The van der Waals surface area contributed by atoms with Crippen molar-refractivity contribution >= 4 is 5.91 Å². The van der Waals surface area contributed by atoms with Gasteiger partial charge in [-0.3, -0.25) is 4.79 Å². The quantitative estimate of drug-likeness (QED) is 0.579. The van der Waals surface area contributed by atoms with Crippen LogP contribution < -0.4 is 5.32 Å². The fraction of sp³-hybridized carbons (Fsp3) is 0.400. The minimum absolute atomic E-state index is 0.0343. The van der Waals surface area contributed by atoms with Crippen molar-refractivity contribution in [2.45, 2.75) is 45.2 Å². The van der Waals surface area contributed by atoms with E-state index in [1.165, 1.54) is 11.1 Å². The number of nitrogens with one attached hydrogen (secondary N) is 1. The summed E-state index contributed by atoms with van der Waals surface area (Å²) in [7, 11) is 0. The van der Waals surface area contributed by atoms with E-state index < -0.39 is 0 Å². The van der Waals surface area contributed by atoms with Gasteiger partial charge in [0.2, 0.25) is 5.91 Å². The van der Waals surface area contributed by atoms with Crippen molar-refractivity contribution in [3.8, 4) is 0 Å². The first-order valence-corrected chi connectivity index (χ1v) is 11.1. The zero-order valence-electron chi connectivity index (χ0n) is 17.9. The molecule has 6 heteroatoms. The number of carbonyl (C=O) groups is 1. The lowest BCUT2D eigenvalue weighted by molar-refractivity contribution is -0.128. The minimum atomic E-state index is 0.0343. The maximum absolute atomic E-state index is 12.6. The first-order chi connectivity index (χ1) is 15.3. The third-order valence-corrected chi connectivity index (χ3v) is 5.86. The van der Waals surface area contributed by atoms with Crippen LogP contribution in [0.2, 0.25) is 0 Å². The molecular formula is C25H30N4O2. The first kappa shape index (κ1) is 21.2. The summed E-state index contributed by atoms with van der Waals surface area (Å²) in [6.45, 7) is 2.52. The van der Waals surface area contributed by atoms with E-state index in [9.17, 15) is 4.79 Å². The van der Waals surface area contributed by atoms with Crippen LogP contribution in [0.4, 0.5) is 0 Å². The maximum Gasteiger partial charge on any atom is 0.223 e. The van der Waals surface area contributed by atoms with Gasteiger partial charge in [0.1, 0.15) is 5.82 Å². The molecule has 0 atom stereocenters. The highest BCUT2D eigenvalue weighted by Crippen LogP contribution is 2.15. The third-order valence-electron chi connectivity index (χ3n) is 5.86. The van der Waals surface area contributed by atoms with E-state index in [2.05, 4.69) is 68.6 Å². The Hall–Kier alpha value is -2.99. The molecule has 0 bridgehead atoms. The third kappa shape index (κ3) is 6.01. The highest BCUT2D eigenvalue weighted by atomic mass is 16.5. The second kappa shape index (κ2) is 10.9. The van der Waals surface area contributed by atoms with E-state index in [1.54, 1.807) is 0 Å². The van der Waals surface area contributed by atoms with Crippen LogP contribution in [-0.2, 0) is 41.9 Å². The minimum Gasteiger partial charge on any atom is -0.381 e. The Morgan fingerprint density at radius 3 is 2.16 bits per heavy atom. The highest BCUT2D eigenvalue weighted by Gasteiger charge is 2.22. The van der Waals surface area contributed by atoms with Gasteiger partial charge in [-0.2, -0.15) is 0 Å². The Kier molecular flexibility index (Phi) is 7.45. The van der Waals surface area contributed by atoms with Gasteiger partial charge in [-0.05, 0) is 36.8 Å².